The molecule has 0 heterocycles. The molecule has 0 spiro atoms. The quantitative estimate of drug-likeness (QED) is 0.629. The molecule has 1 unspecified atom stereocenters. The average Bonchev–Trinajstić information content (AvgIpc) is 2.66. The molecule has 7 nitrogen and oxygen atoms in total. The summed E-state index contributed by atoms with van der Waals surface area (Å²) in [6, 6.07) is 12.6. The van der Waals surface area contributed by atoms with Crippen molar-refractivity contribution in [2.24, 2.45) is 0 Å². The first-order valence-electron chi connectivity index (χ1n) is 10.0. The Bertz CT molecular complexity index is 1020. The van der Waals surface area contributed by atoms with Crippen LogP contribution in [0, 0.1) is 0 Å². The van der Waals surface area contributed by atoms with Gasteiger partial charge in [-0.15, -0.1) is 0 Å². The van der Waals surface area contributed by atoms with E-state index in [0.717, 1.165) is 5.56 Å². The topological polar surface area (TPSA) is 102 Å². The molecule has 0 aliphatic heterocycles. The van der Waals surface area contributed by atoms with Crippen LogP contribution >= 0.6 is 0 Å². The summed E-state index contributed by atoms with van der Waals surface area (Å²) >= 11 is 0. The van der Waals surface area contributed by atoms with Crippen LogP contribution in [0.15, 0.2) is 53.4 Å². The molecule has 0 saturated heterocycles. The van der Waals surface area contributed by atoms with Gasteiger partial charge in [-0.1, -0.05) is 32.9 Å². The van der Waals surface area contributed by atoms with Gasteiger partial charge in [0.2, 0.25) is 10.0 Å². The molecule has 2 aromatic rings. The van der Waals surface area contributed by atoms with Crippen LogP contribution in [0.3, 0.4) is 0 Å². The summed E-state index contributed by atoms with van der Waals surface area (Å²) in [5.74, 6) is -1.11. The van der Waals surface area contributed by atoms with Crippen molar-refractivity contribution < 1.29 is 22.7 Å². The molecule has 2 N–H and O–H groups in total. The second-order valence-electron chi connectivity index (χ2n) is 8.66. The van der Waals surface area contributed by atoms with Gasteiger partial charge in [0.1, 0.15) is 0 Å². The number of ether oxygens (including phenoxy) is 1. The van der Waals surface area contributed by atoms with Crippen molar-refractivity contribution >= 4 is 27.6 Å². The average molecular weight is 447 g/mol. The summed E-state index contributed by atoms with van der Waals surface area (Å²) in [4.78, 5) is 24.8. The molecule has 0 aromatic heterocycles. The third-order valence-electron chi connectivity index (χ3n) is 4.46. The molecular weight excluding hydrogens is 416 g/mol. The van der Waals surface area contributed by atoms with Crippen LogP contribution in [0.25, 0.3) is 0 Å². The Balaban J connectivity index is 1.98. The monoisotopic (exact) mass is 446 g/mol. The van der Waals surface area contributed by atoms with Crippen molar-refractivity contribution in [2.45, 2.75) is 64.0 Å². The number of carbonyl (C=O) groups is 2. The Morgan fingerprint density at radius 2 is 1.45 bits per heavy atom. The zero-order valence-electron chi connectivity index (χ0n) is 18.7. The van der Waals surface area contributed by atoms with Gasteiger partial charge in [0.15, 0.2) is 6.10 Å². The lowest BCUT2D eigenvalue weighted by atomic mass is 9.87. The van der Waals surface area contributed by atoms with Gasteiger partial charge < -0.3 is 10.1 Å². The fraction of sp³-hybridized carbons (Fsp3) is 0.391. The van der Waals surface area contributed by atoms with E-state index >= 15 is 0 Å². The van der Waals surface area contributed by atoms with E-state index in [2.05, 4.69) is 30.8 Å². The minimum absolute atomic E-state index is 0.0324. The summed E-state index contributed by atoms with van der Waals surface area (Å²) in [6.45, 7) is 11.2. The van der Waals surface area contributed by atoms with Crippen LogP contribution in [-0.4, -0.2) is 32.4 Å². The zero-order valence-corrected chi connectivity index (χ0v) is 19.5. The Kier molecular flexibility index (Phi) is 7.62. The second-order valence-corrected chi connectivity index (χ2v) is 10.4. The molecule has 1 atom stereocenters. The zero-order chi connectivity index (χ0) is 23.4. The number of nitrogens with one attached hydrogen (secondary N) is 2. The smallest absolute Gasteiger partial charge is 0.338 e. The predicted octanol–water partition coefficient (Wildman–Crippen LogP) is 3.85. The minimum atomic E-state index is -3.61. The van der Waals surface area contributed by atoms with Crippen LogP contribution in [0.2, 0.25) is 0 Å². The van der Waals surface area contributed by atoms with E-state index in [4.69, 9.17) is 4.74 Å². The van der Waals surface area contributed by atoms with Gasteiger partial charge in [-0.25, -0.2) is 17.9 Å². The van der Waals surface area contributed by atoms with Gasteiger partial charge in [-0.3, -0.25) is 4.79 Å². The molecule has 0 aliphatic rings. The Hall–Kier alpha value is -2.71. The molecule has 31 heavy (non-hydrogen) atoms. The van der Waals surface area contributed by atoms with E-state index in [-0.39, 0.29) is 16.4 Å². The number of rotatable bonds is 7. The molecule has 168 valence electrons. The number of sulfonamides is 1. The highest BCUT2D eigenvalue weighted by molar-refractivity contribution is 7.89. The van der Waals surface area contributed by atoms with E-state index < -0.39 is 28.0 Å². The highest BCUT2D eigenvalue weighted by Crippen LogP contribution is 2.22. The normalized spacial score (nSPS) is 13.0. The van der Waals surface area contributed by atoms with Gasteiger partial charge in [0.05, 0.1) is 10.5 Å². The maximum Gasteiger partial charge on any atom is 0.338 e. The van der Waals surface area contributed by atoms with Crippen molar-refractivity contribution in [1.29, 1.82) is 0 Å². The number of anilines is 1. The molecule has 0 saturated carbocycles. The van der Waals surface area contributed by atoms with Crippen molar-refractivity contribution in [1.82, 2.24) is 4.72 Å². The third-order valence-corrected chi connectivity index (χ3v) is 6.14. The van der Waals surface area contributed by atoms with E-state index in [9.17, 15) is 18.0 Å². The van der Waals surface area contributed by atoms with E-state index in [1.54, 1.807) is 26.0 Å². The number of hydrogen-bond acceptors (Lipinski definition) is 5. The van der Waals surface area contributed by atoms with E-state index in [1.807, 2.05) is 12.1 Å². The maximum absolute atomic E-state index is 12.4. The molecule has 0 radical (unpaired) electrons. The molecule has 8 heteroatoms. The van der Waals surface area contributed by atoms with Crippen molar-refractivity contribution in [3.63, 3.8) is 0 Å². The fourth-order valence-electron chi connectivity index (χ4n) is 2.73. The van der Waals surface area contributed by atoms with Crippen LogP contribution in [-0.2, 0) is 25.0 Å². The van der Waals surface area contributed by atoms with Gasteiger partial charge in [-0.2, -0.15) is 0 Å². The van der Waals surface area contributed by atoms with Crippen LogP contribution in [0.5, 0.6) is 0 Å². The second kappa shape index (κ2) is 9.62. The highest BCUT2D eigenvalue weighted by atomic mass is 32.2. The van der Waals surface area contributed by atoms with Gasteiger partial charge in [0.25, 0.3) is 5.91 Å². The van der Waals surface area contributed by atoms with Crippen LogP contribution in [0.4, 0.5) is 5.69 Å². The SMILES string of the molecule is CC(C)NS(=O)(=O)c1ccc(NC(=O)C(C)OC(=O)c2ccc(C(C)(C)C)cc2)cc1. The number of amides is 1. The summed E-state index contributed by atoms with van der Waals surface area (Å²) in [6.07, 6.45) is -1.03. The van der Waals surface area contributed by atoms with Crippen molar-refractivity contribution in [2.75, 3.05) is 5.32 Å². The maximum atomic E-state index is 12.4. The molecule has 0 fully saturated rings. The Morgan fingerprint density at radius 3 is 1.94 bits per heavy atom. The first-order valence-corrected chi connectivity index (χ1v) is 11.5. The largest absolute Gasteiger partial charge is 0.449 e. The summed E-state index contributed by atoms with van der Waals surface area (Å²) in [5.41, 5.74) is 1.81. The minimum Gasteiger partial charge on any atom is -0.449 e. The van der Waals surface area contributed by atoms with Crippen molar-refractivity contribution in [3.8, 4) is 0 Å². The lowest BCUT2D eigenvalue weighted by Crippen LogP contribution is -2.30. The Morgan fingerprint density at radius 1 is 0.903 bits per heavy atom. The molecule has 2 aromatic carbocycles. The lowest BCUT2D eigenvalue weighted by Gasteiger charge is -2.19. The van der Waals surface area contributed by atoms with Crippen LogP contribution in [0.1, 0.15) is 57.5 Å². The number of benzene rings is 2. The van der Waals surface area contributed by atoms with Gasteiger partial charge in [-0.05, 0) is 68.1 Å². The standard InChI is InChI=1S/C23H30N2O5S/c1-15(2)25-31(28,29)20-13-11-19(12-14-20)24-21(26)16(3)30-22(27)17-7-9-18(10-8-17)23(4,5)6/h7-16,25H,1-6H3,(H,24,26). The molecule has 0 aliphatic carbocycles. The first kappa shape index (κ1) is 24.6. The van der Waals surface area contributed by atoms with Gasteiger partial charge >= 0.3 is 5.97 Å². The lowest BCUT2D eigenvalue weighted by molar-refractivity contribution is -0.123. The van der Waals surface area contributed by atoms with Gasteiger partial charge in [0, 0.05) is 11.7 Å². The Labute approximate surface area is 184 Å². The third kappa shape index (κ3) is 6.90. The number of esters is 1. The molecule has 1 amide bonds. The fourth-order valence-corrected chi connectivity index (χ4v) is 3.98. The summed E-state index contributed by atoms with van der Waals surface area (Å²) in [5, 5.41) is 2.62. The number of carbonyl (C=O) groups excluding carboxylic acids is 2. The molecule has 0 bridgehead atoms. The van der Waals surface area contributed by atoms with Crippen LogP contribution < -0.4 is 10.0 Å². The van der Waals surface area contributed by atoms with E-state index in [1.165, 1.54) is 31.2 Å². The highest BCUT2D eigenvalue weighted by Gasteiger charge is 2.21. The van der Waals surface area contributed by atoms with Crippen molar-refractivity contribution in [3.05, 3.63) is 59.7 Å². The summed E-state index contributed by atoms with van der Waals surface area (Å²) in [7, 11) is -3.61. The number of hydrogen-bond donors (Lipinski definition) is 2. The predicted molar refractivity (Wildman–Crippen MR) is 121 cm³/mol. The molecular formula is C23H30N2O5S. The molecule has 2 rings (SSSR count). The van der Waals surface area contributed by atoms with E-state index in [0.29, 0.717) is 11.3 Å². The summed E-state index contributed by atoms with van der Waals surface area (Å²) < 4.78 is 32.1. The first-order chi connectivity index (χ1) is 14.3.